The number of aromatic nitrogens is 3. The highest BCUT2D eigenvalue weighted by Gasteiger charge is 1.96. The molecule has 0 aliphatic carbocycles. The first kappa shape index (κ1) is 5.87. The Kier molecular flexibility index (Phi) is 1.26. The van der Waals surface area contributed by atoms with Crippen LogP contribution in [-0.2, 0) is 6.54 Å². The number of aryl methyl sites for hydroxylation is 1. The lowest BCUT2D eigenvalue weighted by Gasteiger charge is -1.87. The molecule has 0 atom stereocenters. The molecule has 0 aromatic carbocycles. The van der Waals surface area contributed by atoms with E-state index in [1.807, 2.05) is 6.92 Å². The van der Waals surface area contributed by atoms with E-state index in [9.17, 15) is 4.79 Å². The lowest BCUT2D eigenvalue weighted by Crippen LogP contribution is -2.06. The predicted molar refractivity (Wildman–Crippen MR) is 32.9 cm³/mol. The van der Waals surface area contributed by atoms with E-state index in [1.165, 1.54) is 4.80 Å². The van der Waals surface area contributed by atoms with Crippen molar-refractivity contribution in [2.45, 2.75) is 13.5 Å². The molecule has 1 aromatic rings. The van der Waals surface area contributed by atoms with Crippen LogP contribution in [0, 0.1) is 0 Å². The van der Waals surface area contributed by atoms with Crippen LogP contribution in [0.25, 0.3) is 0 Å². The molecule has 5 nitrogen and oxygen atoms in total. The molecule has 1 rings (SSSR count). The van der Waals surface area contributed by atoms with E-state index < -0.39 is 0 Å². The van der Waals surface area contributed by atoms with Crippen LogP contribution in [0.2, 0.25) is 0 Å². The van der Waals surface area contributed by atoms with Gasteiger partial charge in [-0.2, -0.15) is 0 Å². The van der Waals surface area contributed by atoms with Crippen molar-refractivity contribution in [3.05, 3.63) is 10.4 Å². The first-order valence-corrected chi connectivity index (χ1v) is 2.66. The quantitative estimate of drug-likeness (QED) is 0.518. The summed E-state index contributed by atoms with van der Waals surface area (Å²) in [4.78, 5) is 11.9. The van der Waals surface area contributed by atoms with E-state index in [1.54, 1.807) is 0 Å². The lowest BCUT2D eigenvalue weighted by molar-refractivity contribution is 0.567. The first-order chi connectivity index (χ1) is 4.24. The van der Waals surface area contributed by atoms with E-state index >= 15 is 0 Å². The molecule has 0 bridgehead atoms. The summed E-state index contributed by atoms with van der Waals surface area (Å²) < 4.78 is 0. The number of nitrogens with zero attached hydrogens (tertiary/aromatic N) is 2. The van der Waals surface area contributed by atoms with Gasteiger partial charge in [-0.05, 0) is 6.92 Å². The normalized spacial score (nSPS) is 9.89. The molecule has 0 aliphatic rings. The number of nitrogen functional groups attached to an aromatic ring is 1. The predicted octanol–water partition coefficient (Wildman–Crippen LogP) is -0.827. The zero-order valence-corrected chi connectivity index (χ0v) is 5.09. The number of anilines is 1. The maximum absolute atomic E-state index is 10.5. The van der Waals surface area contributed by atoms with Gasteiger partial charge in [0.05, 0.1) is 6.54 Å². The molecule has 0 saturated heterocycles. The fourth-order valence-corrected chi connectivity index (χ4v) is 0.525. The lowest BCUT2D eigenvalue weighted by atomic mass is 10.8. The van der Waals surface area contributed by atoms with E-state index in [0.717, 1.165) is 0 Å². The Morgan fingerprint density at radius 3 is 2.78 bits per heavy atom. The van der Waals surface area contributed by atoms with Gasteiger partial charge in [-0.25, -0.2) is 9.90 Å². The highest BCUT2D eigenvalue weighted by atomic mass is 16.1. The Morgan fingerprint density at radius 1 is 1.89 bits per heavy atom. The summed E-state index contributed by atoms with van der Waals surface area (Å²) in [6.07, 6.45) is 0. The maximum Gasteiger partial charge on any atom is 0.308 e. The molecular weight excluding hydrogens is 120 g/mol. The van der Waals surface area contributed by atoms with Crippen molar-refractivity contribution in [1.82, 2.24) is 15.0 Å². The smallest absolute Gasteiger partial charge is 0.308 e. The zero-order chi connectivity index (χ0) is 6.85. The van der Waals surface area contributed by atoms with Crippen molar-refractivity contribution in [3.63, 3.8) is 0 Å². The van der Waals surface area contributed by atoms with Gasteiger partial charge in [-0.15, -0.1) is 5.10 Å². The van der Waals surface area contributed by atoms with Crippen molar-refractivity contribution >= 4 is 5.82 Å². The fourth-order valence-electron chi connectivity index (χ4n) is 0.525. The van der Waals surface area contributed by atoms with Crippen LogP contribution in [0.1, 0.15) is 6.92 Å². The van der Waals surface area contributed by atoms with Crippen molar-refractivity contribution in [3.8, 4) is 0 Å². The highest BCUT2D eigenvalue weighted by molar-refractivity contribution is 5.19. The third-order valence-electron chi connectivity index (χ3n) is 0.991. The van der Waals surface area contributed by atoms with E-state index in [0.29, 0.717) is 6.54 Å². The van der Waals surface area contributed by atoms with Gasteiger partial charge in [0.2, 0.25) is 5.82 Å². The summed E-state index contributed by atoms with van der Waals surface area (Å²) in [6.45, 7) is 2.49. The molecule has 9 heavy (non-hydrogen) atoms. The second kappa shape index (κ2) is 1.93. The van der Waals surface area contributed by atoms with Gasteiger partial charge in [0, 0.05) is 0 Å². The van der Waals surface area contributed by atoms with Crippen LogP contribution in [-0.4, -0.2) is 15.0 Å². The zero-order valence-electron chi connectivity index (χ0n) is 5.09. The topological polar surface area (TPSA) is 76.7 Å². The minimum atomic E-state index is -0.322. The second-order valence-corrected chi connectivity index (χ2v) is 1.64. The first-order valence-electron chi connectivity index (χ1n) is 2.66. The molecule has 0 amide bonds. The molecule has 50 valence electrons. The van der Waals surface area contributed by atoms with Crippen molar-refractivity contribution in [2.75, 3.05) is 5.73 Å². The number of hydrogen-bond donors (Lipinski definition) is 2. The van der Waals surface area contributed by atoms with Gasteiger partial charge < -0.3 is 5.73 Å². The van der Waals surface area contributed by atoms with Gasteiger partial charge in [-0.1, -0.05) is 0 Å². The van der Waals surface area contributed by atoms with Gasteiger partial charge >= 0.3 is 5.56 Å². The number of nitrogens with two attached hydrogens (primary N) is 1. The van der Waals surface area contributed by atoms with E-state index in [2.05, 4.69) is 10.2 Å². The van der Waals surface area contributed by atoms with E-state index in [4.69, 9.17) is 5.73 Å². The van der Waals surface area contributed by atoms with Crippen LogP contribution in [0.3, 0.4) is 0 Å². The Hall–Kier alpha value is -1.26. The summed E-state index contributed by atoms with van der Waals surface area (Å²) in [5.41, 5.74) is 4.82. The van der Waals surface area contributed by atoms with Crippen LogP contribution in [0.15, 0.2) is 4.79 Å². The van der Waals surface area contributed by atoms with Gasteiger partial charge in [0.15, 0.2) is 0 Å². The summed E-state index contributed by atoms with van der Waals surface area (Å²) in [5.74, 6) is 0.0249. The van der Waals surface area contributed by atoms with Crippen molar-refractivity contribution in [1.29, 1.82) is 0 Å². The summed E-state index contributed by atoms with van der Waals surface area (Å²) >= 11 is 0. The van der Waals surface area contributed by atoms with Crippen LogP contribution < -0.4 is 11.3 Å². The SMILES string of the molecule is CCn1nc(N)c(=O)[nH]1. The molecule has 0 unspecified atom stereocenters. The number of hydrogen-bond acceptors (Lipinski definition) is 3. The number of aromatic amines is 1. The van der Waals surface area contributed by atoms with Gasteiger partial charge in [-0.3, -0.25) is 4.79 Å². The highest BCUT2D eigenvalue weighted by Crippen LogP contribution is 1.79. The molecule has 0 aliphatic heterocycles. The second-order valence-electron chi connectivity index (χ2n) is 1.64. The third kappa shape index (κ3) is 0.933. The standard InChI is InChI=1S/C4H8N4O/c1-2-8-6-3(5)4(9)7-8/h2H2,1H3,(H2,5,6)(H,7,9). The largest absolute Gasteiger partial charge is 0.378 e. The van der Waals surface area contributed by atoms with Crippen LogP contribution in [0.5, 0.6) is 0 Å². The number of H-pyrrole nitrogens is 1. The average molecular weight is 128 g/mol. The molecule has 3 N–H and O–H groups in total. The summed E-state index contributed by atoms with van der Waals surface area (Å²) in [5, 5.41) is 6.07. The third-order valence-corrected chi connectivity index (χ3v) is 0.991. The Bertz CT molecular complexity index is 247. The molecule has 5 heteroatoms. The average Bonchev–Trinajstić information content (AvgIpc) is 2.13. The molecule has 0 saturated carbocycles. The Balaban J connectivity index is 3.13. The van der Waals surface area contributed by atoms with Crippen molar-refractivity contribution < 1.29 is 0 Å². The monoisotopic (exact) mass is 128 g/mol. The minimum absolute atomic E-state index is 0.0249. The number of rotatable bonds is 1. The maximum atomic E-state index is 10.5. The Morgan fingerprint density at radius 2 is 2.56 bits per heavy atom. The molecule has 0 spiro atoms. The van der Waals surface area contributed by atoms with Crippen molar-refractivity contribution in [2.24, 2.45) is 0 Å². The molecular formula is C4H8N4O. The molecule has 1 aromatic heterocycles. The van der Waals surface area contributed by atoms with E-state index in [-0.39, 0.29) is 11.4 Å². The van der Waals surface area contributed by atoms with Crippen LogP contribution >= 0.6 is 0 Å². The summed E-state index contributed by atoms with van der Waals surface area (Å²) in [6, 6.07) is 0. The number of nitrogens with one attached hydrogen (secondary N) is 1. The molecule has 0 fully saturated rings. The van der Waals surface area contributed by atoms with Gasteiger partial charge in [0.1, 0.15) is 0 Å². The van der Waals surface area contributed by atoms with Crippen LogP contribution in [0.4, 0.5) is 5.82 Å². The Labute approximate surface area is 51.5 Å². The molecule has 1 heterocycles. The summed E-state index contributed by atoms with van der Waals surface area (Å²) in [7, 11) is 0. The van der Waals surface area contributed by atoms with Gasteiger partial charge in [0.25, 0.3) is 0 Å². The molecule has 0 radical (unpaired) electrons. The minimum Gasteiger partial charge on any atom is -0.378 e. The fraction of sp³-hybridized carbons (Fsp3) is 0.500.